The minimum Gasteiger partial charge on any atom is -0.468 e. The minimum absolute atomic E-state index is 0.0575. The molecule has 84 valence electrons. The third kappa shape index (κ3) is 5.15. The molecular formula is C7H16N2O4S. The quantitative estimate of drug-likeness (QED) is 0.553. The van der Waals surface area contributed by atoms with Crippen LogP contribution in [0.5, 0.6) is 0 Å². The van der Waals surface area contributed by atoms with Gasteiger partial charge in [-0.25, -0.2) is 13.1 Å². The fraction of sp³-hybridized carbons (Fsp3) is 0.857. The Morgan fingerprint density at radius 3 is 2.57 bits per heavy atom. The summed E-state index contributed by atoms with van der Waals surface area (Å²) in [6, 6.07) is -0.881. The van der Waals surface area contributed by atoms with Gasteiger partial charge in [0.1, 0.15) is 6.04 Å². The van der Waals surface area contributed by atoms with Gasteiger partial charge in [-0.05, 0) is 6.42 Å². The third-order valence-electron chi connectivity index (χ3n) is 1.57. The molecule has 0 aliphatic carbocycles. The number of nitrogens with one attached hydrogen (secondary N) is 1. The van der Waals surface area contributed by atoms with Crippen molar-refractivity contribution in [2.45, 2.75) is 19.4 Å². The zero-order valence-electron chi connectivity index (χ0n) is 8.32. The number of carbonyl (C=O) groups is 1. The highest BCUT2D eigenvalue weighted by Crippen LogP contribution is 1.95. The standard InChI is InChI=1S/C7H16N2O4S/c1-3-9-14(11,12)5-4-6(8)7(10)13-2/h6,9H,3-5,8H2,1-2H3. The molecule has 1 atom stereocenters. The van der Waals surface area contributed by atoms with E-state index in [1.807, 2.05) is 0 Å². The highest BCUT2D eigenvalue weighted by molar-refractivity contribution is 7.89. The molecule has 0 fully saturated rings. The average Bonchev–Trinajstić information content (AvgIpc) is 2.13. The second-order valence-electron chi connectivity index (χ2n) is 2.74. The number of rotatable bonds is 6. The first kappa shape index (κ1) is 13.3. The molecule has 0 heterocycles. The van der Waals surface area contributed by atoms with Crippen LogP contribution in [-0.2, 0) is 19.6 Å². The van der Waals surface area contributed by atoms with Gasteiger partial charge < -0.3 is 10.5 Å². The van der Waals surface area contributed by atoms with Crippen molar-refractivity contribution in [2.75, 3.05) is 19.4 Å². The summed E-state index contributed by atoms with van der Waals surface area (Å²) in [4.78, 5) is 10.8. The lowest BCUT2D eigenvalue weighted by molar-refractivity contribution is -0.142. The van der Waals surface area contributed by atoms with Crippen molar-refractivity contribution in [3.63, 3.8) is 0 Å². The first-order valence-corrected chi connectivity index (χ1v) is 5.89. The van der Waals surface area contributed by atoms with Gasteiger partial charge in [0.25, 0.3) is 0 Å². The van der Waals surface area contributed by atoms with E-state index in [4.69, 9.17) is 5.73 Å². The van der Waals surface area contributed by atoms with E-state index in [2.05, 4.69) is 9.46 Å². The molecular weight excluding hydrogens is 208 g/mol. The SMILES string of the molecule is CCNS(=O)(=O)CCC(N)C(=O)OC. The van der Waals surface area contributed by atoms with Crippen LogP contribution in [0.25, 0.3) is 0 Å². The van der Waals surface area contributed by atoms with Gasteiger partial charge in [0.05, 0.1) is 12.9 Å². The largest absolute Gasteiger partial charge is 0.468 e. The summed E-state index contributed by atoms with van der Waals surface area (Å²) >= 11 is 0. The second-order valence-corrected chi connectivity index (χ2v) is 4.66. The van der Waals surface area contributed by atoms with E-state index in [1.165, 1.54) is 7.11 Å². The van der Waals surface area contributed by atoms with E-state index in [-0.39, 0.29) is 12.2 Å². The Labute approximate surface area is 83.9 Å². The van der Waals surface area contributed by atoms with Gasteiger partial charge in [-0.2, -0.15) is 0 Å². The first-order valence-electron chi connectivity index (χ1n) is 4.23. The van der Waals surface area contributed by atoms with Crippen LogP contribution in [0.15, 0.2) is 0 Å². The van der Waals surface area contributed by atoms with Crippen LogP contribution in [0, 0.1) is 0 Å². The molecule has 0 aromatic heterocycles. The van der Waals surface area contributed by atoms with E-state index >= 15 is 0 Å². The van der Waals surface area contributed by atoms with Gasteiger partial charge >= 0.3 is 5.97 Å². The predicted molar refractivity (Wildman–Crippen MR) is 52.1 cm³/mol. The lowest BCUT2D eigenvalue weighted by Gasteiger charge is -2.09. The predicted octanol–water partition coefficient (Wildman–Crippen LogP) is -1.18. The fourth-order valence-electron chi connectivity index (χ4n) is 0.843. The molecule has 0 rings (SSSR count). The van der Waals surface area contributed by atoms with Crippen LogP contribution in [-0.4, -0.2) is 39.8 Å². The Morgan fingerprint density at radius 1 is 1.57 bits per heavy atom. The Kier molecular flexibility index (Phi) is 5.66. The van der Waals surface area contributed by atoms with Gasteiger partial charge in [-0.3, -0.25) is 4.79 Å². The maximum atomic E-state index is 11.1. The summed E-state index contributed by atoms with van der Waals surface area (Å²) in [5.41, 5.74) is 5.36. The van der Waals surface area contributed by atoms with Crippen LogP contribution < -0.4 is 10.5 Å². The number of carbonyl (C=O) groups excluding carboxylic acids is 1. The number of nitrogens with two attached hydrogens (primary N) is 1. The maximum Gasteiger partial charge on any atom is 0.322 e. The number of esters is 1. The molecule has 0 aliphatic heterocycles. The average molecular weight is 224 g/mol. The lowest BCUT2D eigenvalue weighted by atomic mass is 10.2. The van der Waals surface area contributed by atoms with E-state index in [0.29, 0.717) is 6.54 Å². The molecule has 0 bridgehead atoms. The fourth-order valence-corrected chi connectivity index (χ4v) is 1.99. The number of methoxy groups -OCH3 is 1. The zero-order chi connectivity index (χ0) is 11.2. The summed E-state index contributed by atoms with van der Waals surface area (Å²) < 4.78 is 28.9. The molecule has 0 radical (unpaired) electrons. The molecule has 0 saturated heterocycles. The van der Waals surface area contributed by atoms with E-state index in [9.17, 15) is 13.2 Å². The monoisotopic (exact) mass is 224 g/mol. The first-order chi connectivity index (χ1) is 6.43. The summed E-state index contributed by atoms with van der Waals surface area (Å²) in [5, 5.41) is 0. The van der Waals surface area contributed by atoms with Gasteiger partial charge in [0.15, 0.2) is 0 Å². The molecule has 0 aromatic rings. The van der Waals surface area contributed by atoms with Crippen LogP contribution in [0.3, 0.4) is 0 Å². The molecule has 0 saturated carbocycles. The van der Waals surface area contributed by atoms with Crippen molar-refractivity contribution in [2.24, 2.45) is 5.73 Å². The van der Waals surface area contributed by atoms with Crippen molar-refractivity contribution in [1.82, 2.24) is 4.72 Å². The number of hydrogen-bond donors (Lipinski definition) is 2. The van der Waals surface area contributed by atoms with Crippen LogP contribution in [0.2, 0.25) is 0 Å². The topological polar surface area (TPSA) is 98.5 Å². The maximum absolute atomic E-state index is 11.1. The number of ether oxygens (including phenoxy) is 1. The highest BCUT2D eigenvalue weighted by Gasteiger charge is 2.17. The van der Waals surface area contributed by atoms with Crippen LogP contribution in [0.1, 0.15) is 13.3 Å². The highest BCUT2D eigenvalue weighted by atomic mass is 32.2. The van der Waals surface area contributed by atoms with Crippen molar-refractivity contribution >= 4 is 16.0 Å². The lowest BCUT2D eigenvalue weighted by Crippen LogP contribution is -2.36. The van der Waals surface area contributed by atoms with Gasteiger partial charge in [-0.15, -0.1) is 0 Å². The molecule has 1 unspecified atom stereocenters. The van der Waals surface area contributed by atoms with Crippen molar-refractivity contribution in [1.29, 1.82) is 0 Å². The Hall–Kier alpha value is -0.660. The summed E-state index contributed by atoms with van der Waals surface area (Å²) in [5.74, 6) is -0.770. The van der Waals surface area contributed by atoms with Crippen LogP contribution >= 0.6 is 0 Å². The Morgan fingerprint density at radius 2 is 2.14 bits per heavy atom. The van der Waals surface area contributed by atoms with Gasteiger partial charge in [0, 0.05) is 6.54 Å². The smallest absolute Gasteiger partial charge is 0.322 e. The van der Waals surface area contributed by atoms with E-state index in [1.54, 1.807) is 6.92 Å². The summed E-state index contributed by atoms with van der Waals surface area (Å²) in [6.07, 6.45) is 0.0575. The van der Waals surface area contributed by atoms with Gasteiger partial charge in [0.2, 0.25) is 10.0 Å². The molecule has 3 N–H and O–H groups in total. The van der Waals surface area contributed by atoms with E-state index < -0.39 is 22.0 Å². The van der Waals surface area contributed by atoms with Crippen molar-refractivity contribution < 1.29 is 17.9 Å². The molecule has 0 spiro atoms. The molecule has 14 heavy (non-hydrogen) atoms. The summed E-state index contributed by atoms with van der Waals surface area (Å²) in [7, 11) is -2.10. The van der Waals surface area contributed by atoms with Crippen LogP contribution in [0.4, 0.5) is 0 Å². The third-order valence-corrected chi connectivity index (χ3v) is 3.07. The minimum atomic E-state index is -3.31. The molecule has 0 aliphatic rings. The molecule has 7 heteroatoms. The second kappa shape index (κ2) is 5.94. The van der Waals surface area contributed by atoms with E-state index in [0.717, 1.165) is 0 Å². The Bertz CT molecular complexity index is 275. The Balaban J connectivity index is 4.00. The van der Waals surface area contributed by atoms with Gasteiger partial charge in [-0.1, -0.05) is 6.92 Å². The van der Waals surface area contributed by atoms with Crippen molar-refractivity contribution in [3.8, 4) is 0 Å². The molecule has 0 aromatic carbocycles. The summed E-state index contributed by atoms with van der Waals surface area (Å²) in [6.45, 7) is 2.01. The molecule has 0 amide bonds. The molecule has 6 nitrogen and oxygen atoms in total. The zero-order valence-corrected chi connectivity index (χ0v) is 9.13. The number of hydrogen-bond acceptors (Lipinski definition) is 5. The van der Waals surface area contributed by atoms with Crippen molar-refractivity contribution in [3.05, 3.63) is 0 Å². The number of sulfonamides is 1. The normalized spacial score (nSPS) is 13.6.